The third-order valence-corrected chi connectivity index (χ3v) is 2.97. The fourth-order valence-corrected chi connectivity index (χ4v) is 1.76. The van der Waals surface area contributed by atoms with Crippen LogP contribution in [0.25, 0.3) is 0 Å². The van der Waals surface area contributed by atoms with E-state index in [1.807, 2.05) is 13.8 Å². The lowest BCUT2D eigenvalue weighted by molar-refractivity contribution is -0.464. The smallest absolute Gasteiger partial charge is 0.358 e. The minimum Gasteiger partial charge on any atom is -1.00 e. The summed E-state index contributed by atoms with van der Waals surface area (Å²) in [5.74, 6) is -0.329. The van der Waals surface area contributed by atoms with Crippen molar-refractivity contribution in [3.05, 3.63) is 0 Å². The van der Waals surface area contributed by atoms with Gasteiger partial charge < -0.3 is 17.5 Å². The Bertz CT molecular complexity index is 305. The lowest BCUT2D eigenvalue weighted by Crippen LogP contribution is -3.00. The Morgan fingerprint density at radius 3 is 2.00 bits per heavy atom. The largest absolute Gasteiger partial charge is 1.00 e. The number of aliphatic hydroxyl groups is 1. The number of nitrogens with one attached hydrogen (secondary N) is 3. The number of halogens is 1. The van der Waals surface area contributed by atoms with Gasteiger partial charge in [0.25, 0.3) is 11.8 Å². The summed E-state index contributed by atoms with van der Waals surface area (Å²) in [6, 6.07) is 0. The molecule has 0 aromatic heterocycles. The summed E-state index contributed by atoms with van der Waals surface area (Å²) < 4.78 is 0. The zero-order chi connectivity index (χ0) is 12.2. The molecule has 1 rings (SSSR count). The molecule has 98 valence electrons. The van der Waals surface area contributed by atoms with Crippen LogP contribution in [0.3, 0.4) is 0 Å². The maximum absolute atomic E-state index is 11.9. The lowest BCUT2D eigenvalue weighted by atomic mass is 9.79. The first-order chi connectivity index (χ1) is 7.60. The van der Waals surface area contributed by atoms with Gasteiger partial charge in [-0.25, -0.2) is 10.6 Å². The normalized spacial score (nSPS) is 17.9. The van der Waals surface area contributed by atoms with E-state index in [0.717, 1.165) is 0 Å². The molecule has 1 aliphatic rings. The maximum atomic E-state index is 11.9. The highest BCUT2D eigenvalue weighted by Crippen LogP contribution is 2.28. The number of aliphatic hydroxyl groups excluding tert-OH is 1. The van der Waals surface area contributed by atoms with E-state index in [2.05, 4.69) is 15.6 Å². The number of carbonyl (C=O) groups excluding carboxylic acids is 2. The van der Waals surface area contributed by atoms with E-state index in [1.165, 1.54) is 0 Å². The van der Waals surface area contributed by atoms with Crippen molar-refractivity contribution >= 4 is 17.8 Å². The van der Waals surface area contributed by atoms with Crippen molar-refractivity contribution < 1.29 is 32.1 Å². The molecule has 0 bridgehead atoms. The fraction of sp³-hybridized carbons (Fsp3) is 0.700. The fourth-order valence-electron chi connectivity index (χ4n) is 1.76. The van der Waals surface area contributed by atoms with E-state index in [4.69, 9.17) is 5.11 Å². The van der Waals surface area contributed by atoms with Crippen LogP contribution in [-0.2, 0) is 9.59 Å². The molecule has 0 aromatic carbocycles. The van der Waals surface area contributed by atoms with Crippen LogP contribution in [0.4, 0.5) is 0 Å². The second kappa shape index (κ2) is 6.56. The van der Waals surface area contributed by atoms with Gasteiger partial charge in [0.2, 0.25) is 0 Å². The predicted octanol–water partition coefficient (Wildman–Crippen LogP) is -5.53. The summed E-state index contributed by atoms with van der Waals surface area (Å²) in [6.45, 7) is 3.84. The van der Waals surface area contributed by atoms with Gasteiger partial charge in [0, 0.05) is 0 Å². The Balaban J connectivity index is 0.00000256. The van der Waals surface area contributed by atoms with Crippen LogP contribution in [0.1, 0.15) is 26.7 Å². The summed E-state index contributed by atoms with van der Waals surface area (Å²) in [5.41, 5.74) is -0.968. The monoisotopic (exact) mass is 263 g/mol. The summed E-state index contributed by atoms with van der Waals surface area (Å²) >= 11 is 0. The van der Waals surface area contributed by atoms with Gasteiger partial charge in [-0.05, 0) is 12.8 Å². The SMILES string of the molecule is CCC1(CC)C(=O)NC(=[NH+]CCO)NC1=O.[Cl-]. The van der Waals surface area contributed by atoms with E-state index < -0.39 is 5.41 Å². The molecule has 17 heavy (non-hydrogen) atoms. The molecule has 0 aliphatic carbocycles. The zero-order valence-electron chi connectivity index (χ0n) is 9.97. The van der Waals surface area contributed by atoms with Gasteiger partial charge in [-0.1, -0.05) is 13.8 Å². The minimum absolute atomic E-state index is 0. The van der Waals surface area contributed by atoms with Crippen LogP contribution in [0.2, 0.25) is 0 Å². The average molecular weight is 264 g/mol. The molecule has 0 unspecified atom stereocenters. The Hall–Kier alpha value is -1.14. The number of amides is 2. The van der Waals surface area contributed by atoms with Crippen molar-refractivity contribution in [3.8, 4) is 0 Å². The van der Waals surface area contributed by atoms with Crippen molar-refractivity contribution in [2.45, 2.75) is 26.7 Å². The Morgan fingerprint density at radius 1 is 1.18 bits per heavy atom. The molecule has 1 saturated heterocycles. The highest BCUT2D eigenvalue weighted by Gasteiger charge is 2.51. The van der Waals surface area contributed by atoms with E-state index in [-0.39, 0.29) is 43.3 Å². The number of rotatable bonds is 4. The average Bonchev–Trinajstić information content (AvgIpc) is 2.27. The molecule has 1 fully saturated rings. The number of guanidine groups is 1. The van der Waals surface area contributed by atoms with Crippen molar-refractivity contribution in [1.29, 1.82) is 0 Å². The van der Waals surface area contributed by atoms with E-state index in [9.17, 15) is 9.59 Å². The molecule has 1 aliphatic heterocycles. The van der Waals surface area contributed by atoms with Crippen LogP contribution in [-0.4, -0.2) is 36.0 Å². The third-order valence-electron chi connectivity index (χ3n) is 2.97. The van der Waals surface area contributed by atoms with E-state index >= 15 is 0 Å². The molecule has 6 nitrogen and oxygen atoms in total. The summed E-state index contributed by atoms with van der Waals surface area (Å²) in [5, 5.41) is 13.8. The second-order valence-corrected chi connectivity index (χ2v) is 3.72. The molecule has 0 spiro atoms. The van der Waals surface area contributed by atoms with Gasteiger partial charge in [-0.2, -0.15) is 0 Å². The quantitative estimate of drug-likeness (QED) is 0.381. The summed E-state index contributed by atoms with van der Waals surface area (Å²) in [4.78, 5) is 26.5. The predicted molar refractivity (Wildman–Crippen MR) is 57.2 cm³/mol. The first-order valence-electron chi connectivity index (χ1n) is 5.45. The lowest BCUT2D eigenvalue weighted by Gasteiger charge is -2.28. The highest BCUT2D eigenvalue weighted by atomic mass is 35.5. The molecule has 0 saturated carbocycles. The molecule has 0 aromatic rings. The van der Waals surface area contributed by atoms with Crippen LogP contribution in [0, 0.1) is 5.41 Å². The molecule has 1 heterocycles. The van der Waals surface area contributed by atoms with Gasteiger partial charge in [0.1, 0.15) is 0 Å². The van der Waals surface area contributed by atoms with Gasteiger partial charge in [-0.3, -0.25) is 14.6 Å². The van der Waals surface area contributed by atoms with Gasteiger partial charge in [0.15, 0.2) is 5.41 Å². The second-order valence-electron chi connectivity index (χ2n) is 3.72. The number of hydrogen-bond acceptors (Lipinski definition) is 3. The Morgan fingerprint density at radius 2 is 1.65 bits per heavy atom. The first-order valence-corrected chi connectivity index (χ1v) is 5.45. The third kappa shape index (κ3) is 2.95. The van der Waals surface area contributed by atoms with Crippen molar-refractivity contribution in [1.82, 2.24) is 10.6 Å². The van der Waals surface area contributed by atoms with Crippen LogP contribution < -0.4 is 28.0 Å². The molecular weight excluding hydrogens is 246 g/mol. The topological polar surface area (TPSA) is 92.4 Å². The van der Waals surface area contributed by atoms with Gasteiger partial charge in [0.05, 0.1) is 13.2 Å². The summed E-state index contributed by atoms with van der Waals surface area (Å²) in [7, 11) is 0. The van der Waals surface area contributed by atoms with Crippen LogP contribution in [0.5, 0.6) is 0 Å². The maximum Gasteiger partial charge on any atom is 0.358 e. The van der Waals surface area contributed by atoms with E-state index in [0.29, 0.717) is 12.8 Å². The number of hydrogen-bond donors (Lipinski definition) is 4. The first kappa shape index (κ1) is 15.9. The zero-order valence-corrected chi connectivity index (χ0v) is 10.7. The minimum atomic E-state index is -0.968. The van der Waals surface area contributed by atoms with Crippen molar-refractivity contribution in [2.75, 3.05) is 13.2 Å². The van der Waals surface area contributed by atoms with Crippen LogP contribution >= 0.6 is 0 Å². The number of carbonyl (C=O) groups is 2. The van der Waals surface area contributed by atoms with Crippen molar-refractivity contribution in [3.63, 3.8) is 0 Å². The summed E-state index contributed by atoms with van der Waals surface area (Å²) in [6.07, 6.45) is 0.933. The molecule has 2 amide bonds. The van der Waals surface area contributed by atoms with Gasteiger partial charge >= 0.3 is 5.96 Å². The molecule has 0 radical (unpaired) electrons. The van der Waals surface area contributed by atoms with Gasteiger partial charge in [-0.15, -0.1) is 0 Å². The molecule has 0 atom stereocenters. The van der Waals surface area contributed by atoms with Crippen LogP contribution in [0.15, 0.2) is 0 Å². The Labute approximate surface area is 106 Å². The molecule has 7 heteroatoms. The standard InChI is InChI=1S/C10H17N3O3.ClH/c1-3-10(4-2)7(15)12-9(11-5-6-14)13-8(10)16;/h14H,3-6H2,1-2H3,(H2,11,12,13,15,16);1H. The highest BCUT2D eigenvalue weighted by molar-refractivity contribution is 6.19. The van der Waals surface area contributed by atoms with Crippen molar-refractivity contribution in [2.24, 2.45) is 5.41 Å². The molecule has 4 N–H and O–H groups in total. The molecular formula is C10H18ClN3O3. The Kier molecular flexibility index (Phi) is 6.12. The van der Waals surface area contributed by atoms with E-state index in [1.54, 1.807) is 0 Å².